The van der Waals surface area contributed by atoms with Gasteiger partial charge in [-0.1, -0.05) is 96.8 Å². The maximum Gasteiger partial charge on any atom is 0.472 e. The third-order valence-electron chi connectivity index (χ3n) is 6.70. The minimum atomic E-state index is -4.44. The van der Waals surface area contributed by atoms with Gasteiger partial charge in [0.1, 0.15) is 19.8 Å². The number of esters is 2. The van der Waals surface area contributed by atoms with Crippen LogP contribution in [0.3, 0.4) is 0 Å². The molecule has 0 saturated heterocycles. The van der Waals surface area contributed by atoms with E-state index in [1.807, 2.05) is 21.1 Å². The molecule has 0 heterocycles. The van der Waals surface area contributed by atoms with Gasteiger partial charge in [-0.3, -0.25) is 23.4 Å². The van der Waals surface area contributed by atoms with Gasteiger partial charge >= 0.3 is 25.7 Å². The first kappa shape index (κ1) is 40.5. The van der Waals surface area contributed by atoms with Gasteiger partial charge in [-0.25, -0.2) is 4.57 Å². The Morgan fingerprint density at radius 1 is 0.690 bits per heavy atom. The summed E-state index contributed by atoms with van der Waals surface area (Å²) >= 11 is 0. The quantitative estimate of drug-likeness (QED) is 0.0414. The molecule has 0 aromatic carbocycles. The highest BCUT2D eigenvalue weighted by Crippen LogP contribution is 2.43. The molecule has 0 amide bonds. The lowest BCUT2D eigenvalue weighted by Crippen LogP contribution is -2.37. The molecule has 2 atom stereocenters. The number of hydrogen-bond donors (Lipinski definition) is 2. The summed E-state index contributed by atoms with van der Waals surface area (Å²) in [6.07, 6.45) is 16.6. The highest BCUT2D eigenvalue weighted by atomic mass is 31.2. The number of carbonyl (C=O) groups excluding carboxylic acids is 2. The van der Waals surface area contributed by atoms with E-state index in [0.717, 1.165) is 19.3 Å². The second kappa shape index (κ2) is 24.9. The molecule has 0 aliphatic rings. The van der Waals surface area contributed by atoms with Crippen molar-refractivity contribution < 1.29 is 52.0 Å². The van der Waals surface area contributed by atoms with Gasteiger partial charge in [0.05, 0.1) is 40.6 Å². The maximum absolute atomic E-state index is 12.2. The molecule has 2 N–H and O–H groups in total. The van der Waals surface area contributed by atoms with Gasteiger partial charge in [-0.15, -0.1) is 0 Å². The van der Waals surface area contributed by atoms with E-state index in [4.69, 9.17) is 23.6 Å². The molecule has 0 bridgehead atoms. The summed E-state index contributed by atoms with van der Waals surface area (Å²) in [7, 11) is 1.25. The Hall–Kier alpha value is -1.52. The highest BCUT2D eigenvalue weighted by Gasteiger charge is 2.27. The molecule has 11 nitrogen and oxygen atoms in total. The first-order valence-electron chi connectivity index (χ1n) is 15.8. The SMILES string of the molecule is CCCCCCCCCCCCCCCCCC(=O)OC[C@H](COP(=O)(O)OCC[N+](C)(C)C)OC(=O)CCC(=O)O. The predicted molar refractivity (Wildman–Crippen MR) is 162 cm³/mol. The van der Waals surface area contributed by atoms with Crippen LogP contribution in [0.15, 0.2) is 0 Å². The summed E-state index contributed by atoms with van der Waals surface area (Å²) in [5, 5.41) is 8.76. The van der Waals surface area contributed by atoms with E-state index in [0.29, 0.717) is 17.4 Å². The van der Waals surface area contributed by atoms with Gasteiger partial charge in [-0.2, -0.15) is 0 Å². The lowest BCUT2D eigenvalue weighted by molar-refractivity contribution is -0.870. The summed E-state index contributed by atoms with van der Waals surface area (Å²) in [5.74, 6) is -2.48. The fourth-order valence-electron chi connectivity index (χ4n) is 4.11. The van der Waals surface area contributed by atoms with Crippen molar-refractivity contribution in [3.8, 4) is 0 Å². The van der Waals surface area contributed by atoms with E-state index in [2.05, 4.69) is 6.92 Å². The maximum atomic E-state index is 12.2. The van der Waals surface area contributed by atoms with Crippen molar-refractivity contribution in [2.75, 3.05) is 47.5 Å². The van der Waals surface area contributed by atoms with Crippen LogP contribution >= 0.6 is 7.82 Å². The first-order chi connectivity index (χ1) is 19.8. The predicted octanol–water partition coefficient (Wildman–Crippen LogP) is 6.41. The molecule has 42 heavy (non-hydrogen) atoms. The van der Waals surface area contributed by atoms with Gasteiger partial charge in [0, 0.05) is 6.42 Å². The largest absolute Gasteiger partial charge is 0.481 e. The number of unbranched alkanes of at least 4 members (excludes halogenated alkanes) is 14. The molecular weight excluding hydrogens is 565 g/mol. The number of aliphatic carboxylic acids is 1. The van der Waals surface area contributed by atoms with Crippen molar-refractivity contribution in [2.24, 2.45) is 0 Å². The molecule has 0 saturated carbocycles. The number of ether oxygens (including phenoxy) is 2. The monoisotopic (exact) mass is 624 g/mol. The van der Waals surface area contributed by atoms with Crippen LogP contribution in [-0.4, -0.2) is 86.0 Å². The Bertz CT molecular complexity index is 772. The van der Waals surface area contributed by atoms with Crippen LogP contribution in [0, 0.1) is 0 Å². The van der Waals surface area contributed by atoms with Crippen molar-refractivity contribution >= 4 is 25.7 Å². The van der Waals surface area contributed by atoms with Gasteiger partial charge in [0.2, 0.25) is 0 Å². The van der Waals surface area contributed by atoms with Crippen LogP contribution in [0.4, 0.5) is 0 Å². The van der Waals surface area contributed by atoms with Gasteiger partial charge in [-0.05, 0) is 6.42 Å². The summed E-state index contributed by atoms with van der Waals surface area (Å²) in [5.41, 5.74) is 0. The Kier molecular flexibility index (Phi) is 24.0. The van der Waals surface area contributed by atoms with Gasteiger partial charge in [0.25, 0.3) is 0 Å². The minimum Gasteiger partial charge on any atom is -0.481 e. The Labute approximate surface area is 253 Å². The lowest BCUT2D eigenvalue weighted by Gasteiger charge is -2.24. The first-order valence-corrected chi connectivity index (χ1v) is 17.3. The molecule has 0 rings (SSSR count). The zero-order valence-corrected chi connectivity index (χ0v) is 27.6. The van der Waals surface area contributed by atoms with Crippen molar-refractivity contribution in [3.05, 3.63) is 0 Å². The van der Waals surface area contributed by atoms with Gasteiger partial charge in [0.15, 0.2) is 6.10 Å². The third-order valence-corrected chi connectivity index (χ3v) is 7.68. The number of nitrogens with zero attached hydrogens (tertiary/aromatic N) is 1. The van der Waals surface area contributed by atoms with Crippen LogP contribution in [0.1, 0.15) is 122 Å². The second-order valence-electron chi connectivity index (χ2n) is 12.0. The molecular formula is C30H59NO10P+. The standard InChI is InChI=1S/C30H58NO10P/c1-5-6-7-8-9-10-11-12-13-14-15-16-17-18-19-20-29(34)38-25-27(41-30(35)22-21-28(32)33)26-40-42(36,37)39-24-23-31(2,3)4/h27H,5-26H2,1-4H3,(H-,32,33,36,37)/p+1/t27-/m1/s1. The summed E-state index contributed by atoms with van der Waals surface area (Å²) < 4.78 is 33.0. The zero-order valence-electron chi connectivity index (χ0n) is 26.7. The van der Waals surface area contributed by atoms with Crippen molar-refractivity contribution in [3.63, 3.8) is 0 Å². The van der Waals surface area contributed by atoms with Crippen LogP contribution in [0.2, 0.25) is 0 Å². The van der Waals surface area contributed by atoms with Crippen molar-refractivity contribution in [2.45, 2.75) is 129 Å². The Morgan fingerprint density at radius 2 is 1.19 bits per heavy atom. The zero-order chi connectivity index (χ0) is 31.7. The van der Waals surface area contributed by atoms with E-state index in [1.54, 1.807) is 0 Å². The number of carbonyl (C=O) groups is 3. The summed E-state index contributed by atoms with van der Waals surface area (Å²) in [4.78, 5) is 44.9. The van der Waals surface area contributed by atoms with Crippen molar-refractivity contribution in [1.29, 1.82) is 0 Å². The minimum absolute atomic E-state index is 0.0332. The van der Waals surface area contributed by atoms with Gasteiger partial charge < -0.3 is 24.0 Å². The van der Waals surface area contributed by atoms with E-state index >= 15 is 0 Å². The number of likely N-dealkylation sites (N-methyl/N-ethyl adjacent to an activating group) is 1. The second-order valence-corrected chi connectivity index (χ2v) is 13.5. The molecule has 12 heteroatoms. The molecule has 0 aliphatic heterocycles. The molecule has 0 aromatic heterocycles. The summed E-state index contributed by atoms with van der Waals surface area (Å²) in [6.45, 7) is 1.74. The molecule has 0 spiro atoms. The highest BCUT2D eigenvalue weighted by molar-refractivity contribution is 7.47. The molecule has 248 valence electrons. The van der Waals surface area contributed by atoms with E-state index in [-0.39, 0.29) is 19.6 Å². The lowest BCUT2D eigenvalue weighted by atomic mass is 10.0. The van der Waals surface area contributed by atoms with Crippen LogP contribution in [-0.2, 0) is 37.5 Å². The number of hydrogen-bond acceptors (Lipinski definition) is 8. The van der Waals surface area contributed by atoms with Crippen LogP contribution < -0.4 is 0 Å². The molecule has 1 unspecified atom stereocenters. The van der Waals surface area contributed by atoms with Crippen LogP contribution in [0.25, 0.3) is 0 Å². The Balaban J connectivity index is 4.20. The summed E-state index contributed by atoms with van der Waals surface area (Å²) in [6, 6.07) is 0. The van der Waals surface area contributed by atoms with E-state index < -0.39 is 51.3 Å². The van der Waals surface area contributed by atoms with E-state index in [9.17, 15) is 23.8 Å². The average Bonchev–Trinajstić information content (AvgIpc) is 2.90. The molecule has 0 fully saturated rings. The number of phosphoric ester groups is 1. The average molecular weight is 625 g/mol. The molecule has 0 aromatic rings. The molecule has 0 aliphatic carbocycles. The number of quaternary nitrogens is 1. The number of rotatable bonds is 29. The topological polar surface area (TPSA) is 146 Å². The molecule has 0 radical (unpaired) electrons. The fraction of sp³-hybridized carbons (Fsp3) is 0.900. The fourth-order valence-corrected chi connectivity index (χ4v) is 4.85. The van der Waals surface area contributed by atoms with E-state index in [1.165, 1.54) is 70.6 Å². The smallest absolute Gasteiger partial charge is 0.472 e. The third kappa shape index (κ3) is 28.6. The number of phosphoric acid groups is 1. The Morgan fingerprint density at radius 3 is 1.67 bits per heavy atom. The van der Waals surface area contributed by atoms with Crippen LogP contribution in [0.5, 0.6) is 0 Å². The number of carboxylic acid groups (broad SMARTS) is 1. The normalized spacial score (nSPS) is 13.8. The number of carboxylic acids is 1. The van der Waals surface area contributed by atoms with Crippen molar-refractivity contribution in [1.82, 2.24) is 0 Å².